The summed E-state index contributed by atoms with van der Waals surface area (Å²) in [6.45, 7) is 4.54. The quantitative estimate of drug-likeness (QED) is 0.274. The van der Waals surface area contributed by atoms with Crippen molar-refractivity contribution in [1.29, 1.82) is 0 Å². The van der Waals surface area contributed by atoms with Crippen LogP contribution in [0.3, 0.4) is 0 Å². The van der Waals surface area contributed by atoms with Gasteiger partial charge in [-0.15, -0.1) is 16.4 Å². The number of ether oxygens (including phenoxy) is 1. The molecule has 0 spiro atoms. The molecule has 39 heavy (non-hydrogen) atoms. The second-order valence-corrected chi connectivity index (χ2v) is 10.1. The number of halogens is 3. The van der Waals surface area contributed by atoms with Crippen LogP contribution in [-0.4, -0.2) is 44.3 Å². The van der Waals surface area contributed by atoms with Gasteiger partial charge >= 0.3 is 18.0 Å². The van der Waals surface area contributed by atoms with Crippen molar-refractivity contribution in [3.63, 3.8) is 0 Å². The van der Waals surface area contributed by atoms with Crippen LogP contribution in [0, 0.1) is 5.41 Å². The molecule has 1 saturated carbocycles. The smallest absolute Gasteiger partial charge is 0.434 e. The van der Waals surface area contributed by atoms with E-state index in [4.69, 9.17) is 9.15 Å². The van der Waals surface area contributed by atoms with E-state index in [1.807, 2.05) is 0 Å². The Labute approximate surface area is 222 Å². The fourth-order valence-corrected chi connectivity index (χ4v) is 4.45. The maximum Gasteiger partial charge on any atom is 0.434 e. The second-order valence-electron chi connectivity index (χ2n) is 9.23. The van der Waals surface area contributed by atoms with Gasteiger partial charge < -0.3 is 14.5 Å². The molecule has 0 bridgehead atoms. The minimum atomic E-state index is -4.64. The van der Waals surface area contributed by atoms with E-state index in [1.54, 1.807) is 13.0 Å². The minimum Gasteiger partial charge on any atom is -0.477 e. The number of carbonyl (C=O) groups is 1. The molecule has 0 radical (unpaired) electrons. The van der Waals surface area contributed by atoms with Gasteiger partial charge in [-0.3, -0.25) is 5.32 Å². The van der Waals surface area contributed by atoms with Crippen molar-refractivity contribution < 1.29 is 27.1 Å². The summed E-state index contributed by atoms with van der Waals surface area (Å²) in [5.74, 6) is -0.505. The number of pyridine rings is 2. The second kappa shape index (κ2) is 10.1. The molecule has 0 unspecified atom stereocenters. The number of amides is 2. The number of urea groups is 1. The van der Waals surface area contributed by atoms with Gasteiger partial charge in [0.25, 0.3) is 5.89 Å². The first-order chi connectivity index (χ1) is 18.5. The molecule has 15 heteroatoms. The molecular formula is C24H22F3N7O4S. The van der Waals surface area contributed by atoms with Crippen LogP contribution in [0.4, 0.5) is 23.8 Å². The van der Waals surface area contributed by atoms with Crippen molar-refractivity contribution in [3.8, 4) is 39.0 Å². The topological polar surface area (TPSA) is 148 Å². The fourth-order valence-electron chi connectivity index (χ4n) is 3.59. The van der Waals surface area contributed by atoms with E-state index in [0.717, 1.165) is 29.6 Å². The van der Waals surface area contributed by atoms with Gasteiger partial charge in [-0.05, 0) is 31.9 Å². The third-order valence-corrected chi connectivity index (χ3v) is 6.87. The Morgan fingerprint density at radius 1 is 1.21 bits per heavy atom. The Bertz CT molecular complexity index is 1580. The molecule has 0 atom stereocenters. The van der Waals surface area contributed by atoms with E-state index in [-0.39, 0.29) is 33.6 Å². The summed E-state index contributed by atoms with van der Waals surface area (Å²) in [6.07, 6.45) is 0.141. The zero-order chi connectivity index (χ0) is 27.8. The Morgan fingerprint density at radius 2 is 2.00 bits per heavy atom. The number of thiazole rings is 1. The minimum absolute atomic E-state index is 0.00498. The highest BCUT2D eigenvalue weighted by Gasteiger charge is 2.38. The van der Waals surface area contributed by atoms with Crippen LogP contribution in [0.1, 0.15) is 32.4 Å². The highest BCUT2D eigenvalue weighted by molar-refractivity contribution is 7.13. The van der Waals surface area contributed by atoms with E-state index in [0.29, 0.717) is 29.8 Å². The number of nitrogens with one attached hydrogen (secondary N) is 3. The summed E-state index contributed by atoms with van der Waals surface area (Å²) in [4.78, 5) is 36.1. The van der Waals surface area contributed by atoms with E-state index < -0.39 is 23.7 Å². The normalized spacial score (nSPS) is 14.2. The molecule has 5 rings (SSSR count). The van der Waals surface area contributed by atoms with Gasteiger partial charge in [0.15, 0.2) is 5.69 Å². The van der Waals surface area contributed by atoms with Gasteiger partial charge in [-0.1, -0.05) is 6.92 Å². The molecule has 1 aliphatic rings. The summed E-state index contributed by atoms with van der Waals surface area (Å²) in [6, 6.07) is 2.49. The number of nitrogens with zero attached hydrogens (tertiary/aromatic N) is 4. The van der Waals surface area contributed by atoms with E-state index >= 15 is 0 Å². The third-order valence-electron chi connectivity index (χ3n) is 6.00. The van der Waals surface area contributed by atoms with Crippen molar-refractivity contribution in [2.24, 2.45) is 5.41 Å². The number of carbonyl (C=O) groups excluding carboxylic acids is 1. The van der Waals surface area contributed by atoms with Crippen LogP contribution in [0.5, 0.6) is 5.88 Å². The van der Waals surface area contributed by atoms with E-state index in [9.17, 15) is 22.8 Å². The predicted octanol–water partition coefficient (Wildman–Crippen LogP) is 4.95. The first kappa shape index (κ1) is 26.3. The van der Waals surface area contributed by atoms with Crippen LogP contribution in [0.25, 0.3) is 33.2 Å². The summed E-state index contributed by atoms with van der Waals surface area (Å²) in [5.41, 5.74) is 0.222. The first-order valence-corrected chi connectivity index (χ1v) is 12.7. The number of hydrogen-bond donors (Lipinski definition) is 3. The van der Waals surface area contributed by atoms with Gasteiger partial charge in [0.2, 0.25) is 5.88 Å². The fraction of sp³-hybridized carbons (Fsp3) is 0.333. The lowest BCUT2D eigenvalue weighted by molar-refractivity contribution is -0.140. The van der Waals surface area contributed by atoms with Crippen molar-refractivity contribution in [2.45, 2.75) is 32.9 Å². The Balaban J connectivity index is 1.65. The van der Waals surface area contributed by atoms with Crippen LogP contribution < -0.4 is 21.1 Å². The molecular weight excluding hydrogens is 539 g/mol. The molecule has 3 N–H and O–H groups in total. The lowest BCUT2D eigenvalue weighted by Gasteiger charge is -2.16. The third kappa shape index (κ3) is 5.92. The zero-order valence-corrected chi connectivity index (χ0v) is 21.5. The summed E-state index contributed by atoms with van der Waals surface area (Å²) in [7, 11) is 0. The maximum absolute atomic E-state index is 13.4. The maximum atomic E-state index is 13.4. The number of rotatable bonds is 8. The molecule has 0 saturated heterocycles. The summed E-state index contributed by atoms with van der Waals surface area (Å²) >= 11 is 0.788. The standard InChI is InChI=1S/C24H22F3N7O4S/c1-3-28-21(35)32-17-7-14(20-31-16(10-39-20)24(25,26)27)15(9-29-17)13-6-12(18-33-34-22(36)38-18)8-30-19(13)37-11-23(2)4-5-23/h6-10H,3-5,11H2,1-2H3,(H,34,36)(H2,28,29,32,35). The van der Waals surface area contributed by atoms with Crippen LogP contribution >= 0.6 is 11.3 Å². The van der Waals surface area contributed by atoms with E-state index in [1.165, 1.54) is 18.5 Å². The monoisotopic (exact) mass is 561 g/mol. The summed E-state index contributed by atoms with van der Waals surface area (Å²) in [5, 5.41) is 12.1. The van der Waals surface area contributed by atoms with Crippen LogP contribution in [0.2, 0.25) is 0 Å². The molecule has 0 aromatic carbocycles. The zero-order valence-electron chi connectivity index (χ0n) is 20.7. The number of anilines is 1. The average Bonchev–Trinajstić information content (AvgIpc) is 3.25. The largest absolute Gasteiger partial charge is 0.477 e. The van der Waals surface area contributed by atoms with Gasteiger partial charge in [0, 0.05) is 46.4 Å². The SMILES string of the molecule is CCNC(=O)Nc1cc(-c2nc(C(F)(F)F)cs2)c(-c2cc(-c3n[nH]c(=O)o3)cnc2OCC2(C)CC2)cn1. The van der Waals surface area contributed by atoms with Gasteiger partial charge in [-0.2, -0.15) is 13.2 Å². The van der Waals surface area contributed by atoms with Gasteiger partial charge in [0.1, 0.15) is 10.8 Å². The number of alkyl halides is 3. The Hall–Kier alpha value is -4.27. The van der Waals surface area contributed by atoms with Gasteiger partial charge in [0.05, 0.1) is 12.2 Å². The lowest BCUT2D eigenvalue weighted by atomic mass is 10.0. The van der Waals surface area contributed by atoms with Crippen LogP contribution in [0.15, 0.2) is 39.1 Å². The first-order valence-electron chi connectivity index (χ1n) is 11.8. The van der Waals surface area contributed by atoms with Gasteiger partial charge in [-0.25, -0.2) is 29.6 Å². The van der Waals surface area contributed by atoms with E-state index in [2.05, 4.69) is 42.7 Å². The number of hydrogen-bond acceptors (Lipinski definition) is 9. The Kier molecular flexibility index (Phi) is 6.84. The van der Waals surface area contributed by atoms with Crippen molar-refractivity contribution in [1.82, 2.24) is 30.5 Å². The molecule has 204 valence electrons. The van der Waals surface area contributed by atoms with Crippen molar-refractivity contribution in [3.05, 3.63) is 46.2 Å². The summed E-state index contributed by atoms with van der Waals surface area (Å²) < 4.78 is 51.3. The molecule has 1 fully saturated rings. The van der Waals surface area contributed by atoms with Crippen molar-refractivity contribution in [2.75, 3.05) is 18.5 Å². The molecule has 4 aromatic heterocycles. The highest BCUT2D eigenvalue weighted by atomic mass is 32.1. The number of aromatic nitrogens is 5. The molecule has 11 nitrogen and oxygen atoms in total. The number of aromatic amines is 1. The lowest BCUT2D eigenvalue weighted by Crippen LogP contribution is -2.28. The molecule has 4 aromatic rings. The Morgan fingerprint density at radius 3 is 2.64 bits per heavy atom. The highest BCUT2D eigenvalue weighted by Crippen LogP contribution is 2.46. The van der Waals surface area contributed by atoms with Crippen LogP contribution in [-0.2, 0) is 6.18 Å². The number of H-pyrrole nitrogens is 1. The molecule has 4 heterocycles. The average molecular weight is 562 g/mol. The molecule has 0 aliphatic heterocycles. The van der Waals surface area contributed by atoms with Crippen molar-refractivity contribution >= 4 is 23.2 Å². The molecule has 1 aliphatic carbocycles. The molecule has 2 amide bonds. The predicted molar refractivity (Wildman–Crippen MR) is 135 cm³/mol.